The van der Waals surface area contributed by atoms with Crippen LogP contribution in [0.2, 0.25) is 0 Å². The summed E-state index contributed by atoms with van der Waals surface area (Å²) in [5.41, 5.74) is 0.757. The lowest BCUT2D eigenvalue weighted by atomic mass is 9.96. The van der Waals surface area contributed by atoms with Crippen LogP contribution in [0.15, 0.2) is 27.6 Å². The smallest absolute Gasteiger partial charge is 0.208 e. The fourth-order valence-electron chi connectivity index (χ4n) is 2.26. The summed E-state index contributed by atoms with van der Waals surface area (Å²) in [6, 6.07) is 5.24. The molecule has 0 amide bonds. The van der Waals surface area contributed by atoms with Crippen molar-refractivity contribution >= 4 is 26.0 Å². The lowest BCUT2D eigenvalue weighted by Crippen LogP contribution is -2.38. The molecule has 5 heteroatoms. The molecule has 1 unspecified atom stereocenters. The average Bonchev–Trinajstić information content (AvgIpc) is 2.33. The predicted octanol–water partition coefficient (Wildman–Crippen LogP) is 3.86. The van der Waals surface area contributed by atoms with Crippen molar-refractivity contribution in [1.29, 1.82) is 0 Å². The summed E-state index contributed by atoms with van der Waals surface area (Å²) in [5, 5.41) is 0. The molecule has 0 saturated heterocycles. The van der Waals surface area contributed by atoms with Crippen LogP contribution in [-0.4, -0.2) is 14.5 Å². The lowest BCUT2D eigenvalue weighted by molar-refractivity contribution is 0.390. The Morgan fingerprint density at radius 3 is 2.37 bits per heavy atom. The first-order valence-electron chi connectivity index (χ1n) is 6.60. The van der Waals surface area contributed by atoms with Crippen LogP contribution < -0.4 is 4.72 Å². The first-order valence-corrected chi connectivity index (χ1v) is 8.87. The van der Waals surface area contributed by atoms with Gasteiger partial charge in [0.1, 0.15) is 0 Å². The van der Waals surface area contributed by atoms with E-state index >= 15 is 0 Å². The Balaban J connectivity index is 3.01. The van der Waals surface area contributed by atoms with Gasteiger partial charge in [0.2, 0.25) is 10.0 Å². The van der Waals surface area contributed by atoms with Gasteiger partial charge >= 0.3 is 0 Å². The molecule has 108 valence electrons. The van der Waals surface area contributed by atoms with Crippen molar-refractivity contribution in [3.8, 4) is 0 Å². The van der Waals surface area contributed by atoms with E-state index < -0.39 is 10.0 Å². The fraction of sp³-hybridized carbons (Fsp3) is 0.571. The number of hydrogen-bond acceptors (Lipinski definition) is 2. The first-order chi connectivity index (χ1) is 8.81. The molecule has 1 atom stereocenters. The maximum Gasteiger partial charge on any atom is 0.241 e. The summed E-state index contributed by atoms with van der Waals surface area (Å²) in [5.74, 6) is 0.363. The van der Waals surface area contributed by atoms with Crippen molar-refractivity contribution in [3.63, 3.8) is 0 Å². The van der Waals surface area contributed by atoms with E-state index in [9.17, 15) is 8.42 Å². The zero-order valence-corrected chi connectivity index (χ0v) is 14.3. The van der Waals surface area contributed by atoms with Crippen molar-refractivity contribution in [2.24, 2.45) is 5.92 Å². The van der Waals surface area contributed by atoms with Gasteiger partial charge in [0, 0.05) is 10.5 Å². The quantitative estimate of drug-likeness (QED) is 0.849. The normalized spacial score (nSPS) is 13.8. The minimum absolute atomic E-state index is 0.0571. The van der Waals surface area contributed by atoms with Crippen molar-refractivity contribution < 1.29 is 8.42 Å². The molecule has 1 aromatic carbocycles. The maximum atomic E-state index is 12.4. The minimum Gasteiger partial charge on any atom is -0.208 e. The Morgan fingerprint density at radius 2 is 1.84 bits per heavy atom. The third-order valence-corrected chi connectivity index (χ3v) is 5.73. The van der Waals surface area contributed by atoms with Gasteiger partial charge in [0.15, 0.2) is 0 Å². The van der Waals surface area contributed by atoms with Gasteiger partial charge in [-0.25, -0.2) is 13.1 Å². The zero-order chi connectivity index (χ0) is 14.6. The molecule has 0 saturated carbocycles. The van der Waals surface area contributed by atoms with Crippen LogP contribution in [0.3, 0.4) is 0 Å². The Hall–Kier alpha value is -0.390. The Bertz CT molecular complexity index is 524. The molecule has 0 aliphatic carbocycles. The summed E-state index contributed by atoms with van der Waals surface area (Å²) in [4.78, 5) is 0.347. The highest BCUT2D eigenvalue weighted by Crippen LogP contribution is 2.22. The topological polar surface area (TPSA) is 46.2 Å². The fourth-order valence-corrected chi connectivity index (χ4v) is 4.36. The number of hydrogen-bond donors (Lipinski definition) is 1. The van der Waals surface area contributed by atoms with Gasteiger partial charge in [-0.2, -0.15) is 0 Å². The summed E-state index contributed by atoms with van der Waals surface area (Å²) >= 11 is 3.32. The standard InChI is InChI=1S/C14H22BrNO2S/c1-5-12(6-2)11(4)16-19(17,18)14-9-13(15)8-7-10(14)3/h7-9,11-12,16H,5-6H2,1-4H3. The van der Waals surface area contributed by atoms with E-state index in [1.807, 2.05) is 19.9 Å². The Morgan fingerprint density at radius 1 is 1.26 bits per heavy atom. The van der Waals surface area contributed by atoms with Gasteiger partial charge in [0.25, 0.3) is 0 Å². The van der Waals surface area contributed by atoms with E-state index in [1.165, 1.54) is 0 Å². The minimum atomic E-state index is -3.46. The largest absolute Gasteiger partial charge is 0.241 e. The van der Waals surface area contributed by atoms with Crippen LogP contribution in [-0.2, 0) is 10.0 Å². The molecule has 3 nitrogen and oxygen atoms in total. The van der Waals surface area contributed by atoms with Gasteiger partial charge < -0.3 is 0 Å². The van der Waals surface area contributed by atoms with Crippen LogP contribution in [0.25, 0.3) is 0 Å². The Kier molecular flexibility index (Phi) is 6.02. The van der Waals surface area contributed by atoms with Crippen molar-refractivity contribution in [3.05, 3.63) is 28.2 Å². The van der Waals surface area contributed by atoms with E-state index in [2.05, 4.69) is 34.5 Å². The molecule has 0 heterocycles. The molecule has 0 aliphatic heterocycles. The van der Waals surface area contributed by atoms with Crippen LogP contribution in [0.4, 0.5) is 0 Å². The second kappa shape index (κ2) is 6.86. The van der Waals surface area contributed by atoms with Gasteiger partial charge in [-0.1, -0.05) is 48.7 Å². The first kappa shape index (κ1) is 16.7. The van der Waals surface area contributed by atoms with Gasteiger partial charge in [-0.05, 0) is 37.5 Å². The molecule has 1 aromatic rings. The molecule has 0 bridgehead atoms. The molecule has 19 heavy (non-hydrogen) atoms. The number of halogens is 1. The van der Waals surface area contributed by atoms with E-state index in [-0.39, 0.29) is 6.04 Å². The average molecular weight is 348 g/mol. The number of rotatable bonds is 6. The van der Waals surface area contributed by atoms with Gasteiger partial charge in [0.05, 0.1) is 4.90 Å². The van der Waals surface area contributed by atoms with Crippen LogP contribution in [0.5, 0.6) is 0 Å². The van der Waals surface area contributed by atoms with Gasteiger partial charge in [-0.15, -0.1) is 0 Å². The summed E-state index contributed by atoms with van der Waals surface area (Å²) < 4.78 is 28.4. The van der Waals surface area contributed by atoms with Crippen LogP contribution >= 0.6 is 15.9 Å². The Labute approximate surface area is 125 Å². The van der Waals surface area contributed by atoms with Crippen molar-refractivity contribution in [2.75, 3.05) is 0 Å². The van der Waals surface area contributed by atoms with E-state index in [0.717, 1.165) is 22.9 Å². The van der Waals surface area contributed by atoms with Crippen LogP contribution in [0.1, 0.15) is 39.2 Å². The van der Waals surface area contributed by atoms with E-state index in [4.69, 9.17) is 0 Å². The third-order valence-electron chi connectivity index (χ3n) is 3.54. The highest BCUT2D eigenvalue weighted by Gasteiger charge is 2.23. The molecule has 1 rings (SSSR count). The van der Waals surface area contributed by atoms with Crippen molar-refractivity contribution in [1.82, 2.24) is 4.72 Å². The molecule has 1 N–H and O–H groups in total. The summed E-state index contributed by atoms with van der Waals surface area (Å²) in [6.45, 7) is 7.91. The number of nitrogens with one attached hydrogen (secondary N) is 1. The van der Waals surface area contributed by atoms with E-state index in [1.54, 1.807) is 12.1 Å². The lowest BCUT2D eigenvalue weighted by Gasteiger charge is -2.22. The molecule has 0 aliphatic rings. The highest BCUT2D eigenvalue weighted by atomic mass is 79.9. The second-order valence-corrected chi connectivity index (χ2v) is 7.49. The second-order valence-electron chi connectivity index (χ2n) is 4.90. The van der Waals surface area contributed by atoms with Crippen molar-refractivity contribution in [2.45, 2.75) is 51.5 Å². The molecule has 0 fully saturated rings. The molecule has 0 aromatic heterocycles. The maximum absolute atomic E-state index is 12.4. The molecule has 0 radical (unpaired) electrons. The molecular weight excluding hydrogens is 326 g/mol. The molecule has 0 spiro atoms. The third kappa shape index (κ3) is 4.29. The monoisotopic (exact) mass is 347 g/mol. The predicted molar refractivity (Wildman–Crippen MR) is 82.7 cm³/mol. The summed E-state index contributed by atoms with van der Waals surface area (Å²) in [7, 11) is -3.46. The molecular formula is C14H22BrNO2S. The summed E-state index contributed by atoms with van der Waals surface area (Å²) in [6.07, 6.45) is 1.94. The number of aryl methyl sites for hydroxylation is 1. The van der Waals surface area contributed by atoms with Gasteiger partial charge in [-0.3, -0.25) is 0 Å². The van der Waals surface area contributed by atoms with Crippen LogP contribution in [0, 0.1) is 12.8 Å². The number of benzene rings is 1. The number of sulfonamides is 1. The SMILES string of the molecule is CCC(CC)C(C)NS(=O)(=O)c1cc(Br)ccc1C. The zero-order valence-electron chi connectivity index (χ0n) is 11.9. The van der Waals surface area contributed by atoms with E-state index in [0.29, 0.717) is 10.8 Å². The highest BCUT2D eigenvalue weighted by molar-refractivity contribution is 9.10.